The van der Waals surface area contributed by atoms with Crippen molar-refractivity contribution in [3.63, 3.8) is 0 Å². The first kappa shape index (κ1) is 12.9. The lowest BCUT2D eigenvalue weighted by molar-refractivity contribution is 0.630. The molecule has 0 aliphatic rings. The Morgan fingerprint density at radius 1 is 1.33 bits per heavy atom. The minimum atomic E-state index is -0.335. The third kappa shape index (κ3) is 3.03. The molecule has 0 saturated carbocycles. The maximum Gasteiger partial charge on any atom is 0.132 e. The van der Waals surface area contributed by atoms with Gasteiger partial charge in [-0.25, -0.2) is 14.4 Å². The van der Waals surface area contributed by atoms with Gasteiger partial charge in [-0.1, -0.05) is 11.6 Å². The third-order valence-corrected chi connectivity index (χ3v) is 2.74. The smallest absolute Gasteiger partial charge is 0.132 e. The molecule has 1 aromatic heterocycles. The van der Waals surface area contributed by atoms with E-state index >= 15 is 0 Å². The van der Waals surface area contributed by atoms with Crippen LogP contribution in [-0.2, 0) is 6.42 Å². The molecule has 0 radical (unpaired) electrons. The van der Waals surface area contributed by atoms with Crippen LogP contribution in [0.2, 0.25) is 5.02 Å². The monoisotopic (exact) mass is 265 g/mol. The van der Waals surface area contributed by atoms with E-state index < -0.39 is 0 Å². The van der Waals surface area contributed by atoms with Crippen molar-refractivity contribution < 1.29 is 4.39 Å². The third-order valence-electron chi connectivity index (χ3n) is 2.51. The molecule has 0 spiro atoms. The van der Waals surface area contributed by atoms with E-state index in [2.05, 4.69) is 15.3 Å². The summed E-state index contributed by atoms with van der Waals surface area (Å²) in [4.78, 5) is 8.48. The van der Waals surface area contributed by atoms with E-state index in [1.807, 2.05) is 7.05 Å². The molecule has 1 heterocycles. The van der Waals surface area contributed by atoms with E-state index in [1.165, 1.54) is 12.1 Å². The summed E-state index contributed by atoms with van der Waals surface area (Å²) < 4.78 is 13.7. The first-order chi connectivity index (χ1) is 8.70. The molecule has 0 aliphatic carbocycles. The highest BCUT2D eigenvalue weighted by molar-refractivity contribution is 6.30. The van der Waals surface area contributed by atoms with Gasteiger partial charge in [0.2, 0.25) is 0 Å². The molecule has 3 nitrogen and oxygen atoms in total. The lowest BCUT2D eigenvalue weighted by atomic mass is 10.1. The van der Waals surface area contributed by atoms with Gasteiger partial charge in [-0.3, -0.25) is 0 Å². The molecule has 2 aromatic rings. The Labute approximate surface area is 110 Å². The maximum atomic E-state index is 13.7. The average molecular weight is 266 g/mol. The van der Waals surface area contributed by atoms with Gasteiger partial charge in [0.25, 0.3) is 0 Å². The average Bonchev–Trinajstić information content (AvgIpc) is 2.39. The highest BCUT2D eigenvalue weighted by Gasteiger charge is 2.08. The Balaban J connectivity index is 2.35. The van der Waals surface area contributed by atoms with E-state index in [-0.39, 0.29) is 5.82 Å². The second-order valence-electron chi connectivity index (χ2n) is 3.84. The topological polar surface area (TPSA) is 37.8 Å². The van der Waals surface area contributed by atoms with Gasteiger partial charge >= 0.3 is 0 Å². The van der Waals surface area contributed by atoms with Crippen LogP contribution in [0.3, 0.4) is 0 Å². The molecule has 2 rings (SSSR count). The summed E-state index contributed by atoms with van der Waals surface area (Å²) in [5.74, 6) is 0.346. The number of hydrogen-bond donors (Lipinski definition) is 1. The normalized spacial score (nSPS) is 10.6. The lowest BCUT2D eigenvalue weighted by Gasteiger charge is -2.05. The molecule has 0 amide bonds. The van der Waals surface area contributed by atoms with Crippen LogP contribution in [-0.4, -0.2) is 23.6 Å². The molecule has 0 aliphatic heterocycles. The Hall–Kier alpha value is -1.52. The van der Waals surface area contributed by atoms with Crippen LogP contribution in [0.1, 0.15) is 5.82 Å². The zero-order valence-electron chi connectivity index (χ0n) is 9.95. The van der Waals surface area contributed by atoms with Crippen molar-refractivity contribution in [2.24, 2.45) is 0 Å². The van der Waals surface area contributed by atoms with E-state index in [0.717, 1.165) is 6.54 Å². The number of nitrogens with zero attached hydrogens (tertiary/aromatic N) is 2. The van der Waals surface area contributed by atoms with Gasteiger partial charge < -0.3 is 5.32 Å². The number of nitrogens with one attached hydrogen (secondary N) is 1. The summed E-state index contributed by atoms with van der Waals surface area (Å²) in [5.41, 5.74) is 0.951. The van der Waals surface area contributed by atoms with Crippen LogP contribution in [0.4, 0.5) is 4.39 Å². The van der Waals surface area contributed by atoms with Gasteiger partial charge in [-0.2, -0.15) is 0 Å². The summed E-state index contributed by atoms with van der Waals surface area (Å²) in [7, 11) is 1.86. The number of aromatic nitrogens is 2. The summed E-state index contributed by atoms with van der Waals surface area (Å²) in [6.07, 6.45) is 2.33. The van der Waals surface area contributed by atoms with Gasteiger partial charge in [-0.05, 0) is 31.3 Å². The molecule has 0 saturated heterocycles. The van der Waals surface area contributed by atoms with Gasteiger partial charge in [0, 0.05) is 29.7 Å². The van der Waals surface area contributed by atoms with Crippen molar-refractivity contribution >= 4 is 11.6 Å². The highest BCUT2D eigenvalue weighted by Crippen LogP contribution is 2.24. The Bertz CT molecular complexity index is 546. The van der Waals surface area contributed by atoms with Gasteiger partial charge in [-0.15, -0.1) is 0 Å². The second-order valence-corrected chi connectivity index (χ2v) is 4.27. The minimum absolute atomic E-state index is 0.335. The summed E-state index contributed by atoms with van der Waals surface area (Å²) in [5, 5.41) is 3.51. The molecule has 0 unspecified atom stereocenters. The fourth-order valence-corrected chi connectivity index (χ4v) is 1.77. The number of benzene rings is 1. The molecule has 0 atom stereocenters. The van der Waals surface area contributed by atoms with Crippen molar-refractivity contribution in [1.82, 2.24) is 15.3 Å². The molecule has 94 valence electrons. The zero-order valence-corrected chi connectivity index (χ0v) is 10.7. The summed E-state index contributed by atoms with van der Waals surface area (Å²) in [6, 6.07) is 6.11. The van der Waals surface area contributed by atoms with Crippen LogP contribution >= 0.6 is 11.6 Å². The van der Waals surface area contributed by atoms with Gasteiger partial charge in [0.1, 0.15) is 11.6 Å². The highest BCUT2D eigenvalue weighted by atomic mass is 35.5. The predicted molar refractivity (Wildman–Crippen MR) is 70.1 cm³/mol. The van der Waals surface area contributed by atoms with Crippen molar-refractivity contribution in [3.8, 4) is 11.3 Å². The van der Waals surface area contributed by atoms with E-state index in [1.54, 1.807) is 18.3 Å². The van der Waals surface area contributed by atoms with Crippen molar-refractivity contribution in [1.29, 1.82) is 0 Å². The Kier molecular flexibility index (Phi) is 4.23. The number of rotatable bonds is 4. The fourth-order valence-electron chi connectivity index (χ4n) is 1.60. The van der Waals surface area contributed by atoms with Gasteiger partial charge in [0.15, 0.2) is 0 Å². The summed E-state index contributed by atoms with van der Waals surface area (Å²) in [6.45, 7) is 0.779. The lowest BCUT2D eigenvalue weighted by Crippen LogP contribution is -2.12. The summed E-state index contributed by atoms with van der Waals surface area (Å²) >= 11 is 5.87. The van der Waals surface area contributed by atoms with Crippen LogP contribution in [0.5, 0.6) is 0 Å². The van der Waals surface area contributed by atoms with E-state index in [4.69, 9.17) is 11.6 Å². The molecule has 5 heteroatoms. The number of halogens is 2. The van der Waals surface area contributed by atoms with Crippen LogP contribution in [0.25, 0.3) is 11.3 Å². The molecule has 0 bridgehead atoms. The second kappa shape index (κ2) is 5.89. The quantitative estimate of drug-likeness (QED) is 0.924. The standard InChI is InChI=1S/C13H13ClFN3/c1-16-6-5-13-17-7-4-12(18-13)10-8-9(14)2-3-11(10)15/h2-4,7-8,16H,5-6H2,1H3. The van der Waals surface area contributed by atoms with Crippen molar-refractivity contribution in [2.45, 2.75) is 6.42 Å². The fraction of sp³-hybridized carbons (Fsp3) is 0.231. The first-order valence-corrected chi connectivity index (χ1v) is 6.00. The molecular weight excluding hydrogens is 253 g/mol. The van der Waals surface area contributed by atoms with Crippen LogP contribution < -0.4 is 5.32 Å². The largest absolute Gasteiger partial charge is 0.319 e. The Morgan fingerprint density at radius 2 is 2.17 bits per heavy atom. The van der Waals surface area contributed by atoms with Crippen LogP contribution in [0, 0.1) is 5.82 Å². The van der Waals surface area contributed by atoms with Gasteiger partial charge in [0.05, 0.1) is 5.69 Å². The van der Waals surface area contributed by atoms with E-state index in [9.17, 15) is 4.39 Å². The maximum absolute atomic E-state index is 13.7. The Morgan fingerprint density at radius 3 is 2.94 bits per heavy atom. The molecular formula is C13H13ClFN3. The van der Waals surface area contributed by atoms with Crippen molar-refractivity contribution in [3.05, 3.63) is 47.1 Å². The molecule has 1 N–H and O–H groups in total. The van der Waals surface area contributed by atoms with Crippen molar-refractivity contribution in [2.75, 3.05) is 13.6 Å². The predicted octanol–water partition coefficient (Wildman–Crippen LogP) is 2.70. The SMILES string of the molecule is CNCCc1nccc(-c2cc(Cl)ccc2F)n1. The van der Waals surface area contributed by atoms with Crippen LogP contribution in [0.15, 0.2) is 30.5 Å². The van der Waals surface area contributed by atoms with E-state index in [0.29, 0.717) is 28.5 Å². The molecule has 1 aromatic carbocycles. The first-order valence-electron chi connectivity index (χ1n) is 5.62. The minimum Gasteiger partial charge on any atom is -0.319 e. The number of likely N-dealkylation sites (N-methyl/N-ethyl adjacent to an activating group) is 1. The number of hydrogen-bond acceptors (Lipinski definition) is 3. The zero-order chi connectivity index (χ0) is 13.0. The molecule has 0 fully saturated rings. The molecule has 18 heavy (non-hydrogen) atoms.